The van der Waals surface area contributed by atoms with Gasteiger partial charge in [-0.3, -0.25) is 10.1 Å². The van der Waals surface area contributed by atoms with E-state index in [9.17, 15) is 9.59 Å². The van der Waals surface area contributed by atoms with Crippen LogP contribution in [0.15, 0.2) is 30.3 Å². The minimum atomic E-state index is -0.932. The summed E-state index contributed by atoms with van der Waals surface area (Å²) in [6, 6.07) is 9.43. The van der Waals surface area contributed by atoms with Crippen LogP contribution in [0, 0.1) is 0 Å². The third-order valence-corrected chi connectivity index (χ3v) is 3.01. The first-order chi connectivity index (χ1) is 9.20. The second kappa shape index (κ2) is 6.05. The Morgan fingerprint density at radius 1 is 1.26 bits per heavy atom. The van der Waals surface area contributed by atoms with E-state index >= 15 is 0 Å². The Kier molecular flexibility index (Phi) is 4.19. The highest BCUT2D eigenvalue weighted by atomic mass is 32.1. The van der Waals surface area contributed by atoms with Gasteiger partial charge in [0.15, 0.2) is 0 Å². The van der Waals surface area contributed by atoms with Crippen LogP contribution in [0.1, 0.15) is 6.92 Å². The van der Waals surface area contributed by atoms with Crippen LogP contribution in [0.25, 0.3) is 10.6 Å². The largest absolute Gasteiger partial charge is 0.459 e. The van der Waals surface area contributed by atoms with E-state index in [0.717, 1.165) is 5.56 Å². The van der Waals surface area contributed by atoms with Gasteiger partial charge in [-0.1, -0.05) is 41.7 Å². The fourth-order valence-corrected chi connectivity index (χ4v) is 2.06. The highest BCUT2D eigenvalue weighted by Gasteiger charge is 2.17. The van der Waals surface area contributed by atoms with Crippen molar-refractivity contribution < 1.29 is 14.3 Å². The number of ether oxygens (including phenoxy) is 1. The SMILES string of the molecule is CCOC(=O)C(=O)Nc1nnc(-c2ccccc2)s1. The summed E-state index contributed by atoms with van der Waals surface area (Å²) in [5, 5.41) is 11.0. The summed E-state index contributed by atoms with van der Waals surface area (Å²) in [5.74, 6) is -1.78. The number of rotatable bonds is 3. The fraction of sp³-hybridized carbons (Fsp3) is 0.167. The standard InChI is InChI=1S/C12H11N3O3S/c1-2-18-11(17)9(16)13-12-15-14-10(19-12)8-6-4-3-5-7-8/h3-7H,2H2,1H3,(H,13,15,16). The minimum Gasteiger partial charge on any atom is -0.459 e. The quantitative estimate of drug-likeness (QED) is 0.682. The number of carbonyl (C=O) groups excluding carboxylic acids is 2. The van der Waals surface area contributed by atoms with Crippen LogP contribution in [0.2, 0.25) is 0 Å². The van der Waals surface area contributed by atoms with Crippen LogP contribution in [0.3, 0.4) is 0 Å². The van der Waals surface area contributed by atoms with Crippen molar-refractivity contribution in [1.82, 2.24) is 10.2 Å². The van der Waals surface area contributed by atoms with Gasteiger partial charge in [-0.2, -0.15) is 0 Å². The molecule has 0 radical (unpaired) electrons. The van der Waals surface area contributed by atoms with Crippen LogP contribution in [0.4, 0.5) is 5.13 Å². The van der Waals surface area contributed by atoms with Gasteiger partial charge in [0.25, 0.3) is 0 Å². The first-order valence-corrected chi connectivity index (χ1v) is 6.39. The van der Waals surface area contributed by atoms with Gasteiger partial charge < -0.3 is 4.74 Å². The molecule has 0 aliphatic rings. The molecule has 0 bridgehead atoms. The van der Waals surface area contributed by atoms with Gasteiger partial charge in [-0.05, 0) is 6.92 Å². The number of aromatic nitrogens is 2. The molecule has 0 atom stereocenters. The van der Waals surface area contributed by atoms with Crippen LogP contribution >= 0.6 is 11.3 Å². The number of anilines is 1. The zero-order valence-electron chi connectivity index (χ0n) is 10.1. The molecule has 0 unspecified atom stereocenters. The van der Waals surface area contributed by atoms with Crippen molar-refractivity contribution in [2.45, 2.75) is 6.92 Å². The van der Waals surface area contributed by atoms with E-state index in [-0.39, 0.29) is 11.7 Å². The first kappa shape index (κ1) is 13.2. The summed E-state index contributed by atoms with van der Waals surface area (Å²) in [6.45, 7) is 1.78. The molecule has 0 aliphatic carbocycles. The number of nitrogens with zero attached hydrogens (tertiary/aromatic N) is 2. The zero-order valence-corrected chi connectivity index (χ0v) is 10.9. The summed E-state index contributed by atoms with van der Waals surface area (Å²) in [7, 11) is 0. The lowest BCUT2D eigenvalue weighted by atomic mass is 10.2. The molecular formula is C12H11N3O3S. The predicted molar refractivity (Wildman–Crippen MR) is 70.6 cm³/mol. The monoisotopic (exact) mass is 277 g/mol. The fourth-order valence-electron chi connectivity index (χ4n) is 1.32. The number of hydrogen-bond donors (Lipinski definition) is 1. The molecule has 0 spiro atoms. The summed E-state index contributed by atoms with van der Waals surface area (Å²) in [4.78, 5) is 22.5. The average molecular weight is 277 g/mol. The van der Waals surface area contributed by atoms with Gasteiger partial charge in [-0.25, -0.2) is 4.79 Å². The molecule has 0 saturated carbocycles. The van der Waals surface area contributed by atoms with E-state index < -0.39 is 11.9 Å². The third-order valence-electron chi connectivity index (χ3n) is 2.13. The highest BCUT2D eigenvalue weighted by molar-refractivity contribution is 7.18. The molecule has 1 amide bonds. The molecule has 98 valence electrons. The number of carbonyl (C=O) groups is 2. The number of amides is 1. The van der Waals surface area contributed by atoms with Crippen molar-refractivity contribution in [3.63, 3.8) is 0 Å². The maximum atomic E-state index is 11.4. The molecule has 6 nitrogen and oxygen atoms in total. The molecule has 2 rings (SSSR count). The Morgan fingerprint density at radius 3 is 2.68 bits per heavy atom. The Morgan fingerprint density at radius 2 is 2.00 bits per heavy atom. The molecule has 1 heterocycles. The molecule has 7 heteroatoms. The summed E-state index contributed by atoms with van der Waals surface area (Å²) in [5.41, 5.74) is 0.900. The van der Waals surface area contributed by atoms with Crippen LogP contribution < -0.4 is 5.32 Å². The number of esters is 1. The van der Waals surface area contributed by atoms with E-state index in [1.165, 1.54) is 11.3 Å². The number of benzene rings is 1. The van der Waals surface area contributed by atoms with Crippen molar-refractivity contribution >= 4 is 28.3 Å². The van der Waals surface area contributed by atoms with E-state index in [4.69, 9.17) is 0 Å². The maximum Gasteiger partial charge on any atom is 0.397 e. The second-order valence-corrected chi connectivity index (χ2v) is 4.43. The van der Waals surface area contributed by atoms with Crippen LogP contribution in [-0.4, -0.2) is 28.7 Å². The Bertz CT molecular complexity index is 583. The van der Waals surface area contributed by atoms with Gasteiger partial charge >= 0.3 is 11.9 Å². The lowest BCUT2D eigenvalue weighted by Crippen LogP contribution is -2.24. The van der Waals surface area contributed by atoms with Crippen molar-refractivity contribution in [3.8, 4) is 10.6 Å². The summed E-state index contributed by atoms with van der Waals surface area (Å²) in [6.07, 6.45) is 0. The van der Waals surface area contributed by atoms with E-state index in [1.54, 1.807) is 6.92 Å². The average Bonchev–Trinajstić information content (AvgIpc) is 2.88. The lowest BCUT2D eigenvalue weighted by Gasteiger charge is -1.99. The molecule has 1 aromatic carbocycles. The minimum absolute atomic E-state index is 0.150. The molecule has 0 saturated heterocycles. The molecule has 19 heavy (non-hydrogen) atoms. The van der Waals surface area contributed by atoms with Crippen molar-refractivity contribution in [3.05, 3.63) is 30.3 Å². The molecule has 0 aliphatic heterocycles. The van der Waals surface area contributed by atoms with Crippen molar-refractivity contribution in [2.75, 3.05) is 11.9 Å². The topological polar surface area (TPSA) is 81.2 Å². The normalized spacial score (nSPS) is 9.95. The summed E-state index contributed by atoms with van der Waals surface area (Å²) >= 11 is 1.19. The van der Waals surface area contributed by atoms with Crippen LogP contribution in [-0.2, 0) is 14.3 Å². The summed E-state index contributed by atoms with van der Waals surface area (Å²) < 4.78 is 4.57. The molecule has 1 N–H and O–H groups in total. The smallest absolute Gasteiger partial charge is 0.397 e. The first-order valence-electron chi connectivity index (χ1n) is 5.57. The third kappa shape index (κ3) is 3.35. The Balaban J connectivity index is 2.06. The van der Waals surface area contributed by atoms with Crippen LogP contribution in [0.5, 0.6) is 0 Å². The molecule has 2 aromatic rings. The van der Waals surface area contributed by atoms with Gasteiger partial charge in [0.2, 0.25) is 5.13 Å². The maximum absolute atomic E-state index is 11.4. The highest BCUT2D eigenvalue weighted by Crippen LogP contribution is 2.25. The van der Waals surface area contributed by atoms with E-state index in [2.05, 4.69) is 20.3 Å². The van der Waals surface area contributed by atoms with Crippen molar-refractivity contribution in [2.24, 2.45) is 0 Å². The van der Waals surface area contributed by atoms with Crippen molar-refractivity contribution in [1.29, 1.82) is 0 Å². The van der Waals surface area contributed by atoms with E-state index in [0.29, 0.717) is 5.01 Å². The lowest BCUT2D eigenvalue weighted by molar-refractivity contribution is -0.152. The van der Waals surface area contributed by atoms with Gasteiger partial charge in [0.05, 0.1) is 6.61 Å². The Hall–Kier alpha value is -2.28. The number of hydrogen-bond acceptors (Lipinski definition) is 6. The van der Waals surface area contributed by atoms with E-state index in [1.807, 2.05) is 30.3 Å². The van der Waals surface area contributed by atoms with Gasteiger partial charge in [0, 0.05) is 5.56 Å². The second-order valence-electron chi connectivity index (χ2n) is 3.45. The van der Waals surface area contributed by atoms with Gasteiger partial charge in [-0.15, -0.1) is 10.2 Å². The predicted octanol–water partition coefficient (Wildman–Crippen LogP) is 1.71. The molecular weight excluding hydrogens is 266 g/mol. The zero-order chi connectivity index (χ0) is 13.7. The molecule has 1 aromatic heterocycles. The Labute approximate surface area is 113 Å². The number of nitrogens with one attached hydrogen (secondary N) is 1. The van der Waals surface area contributed by atoms with Gasteiger partial charge in [0.1, 0.15) is 5.01 Å². The molecule has 0 fully saturated rings.